The zero-order valence-electron chi connectivity index (χ0n) is 16.9. The second kappa shape index (κ2) is 7.71. The Morgan fingerprint density at radius 3 is 2.74 bits per heavy atom. The van der Waals surface area contributed by atoms with Crippen LogP contribution in [0.3, 0.4) is 0 Å². The molecule has 0 spiro atoms. The van der Waals surface area contributed by atoms with Gasteiger partial charge >= 0.3 is 6.18 Å². The number of amides is 1. The zero-order chi connectivity index (χ0) is 22.3. The number of fused-ring (bicyclic) bond motifs is 1. The van der Waals surface area contributed by atoms with Crippen LogP contribution in [0, 0.1) is 0 Å². The van der Waals surface area contributed by atoms with E-state index in [9.17, 15) is 22.8 Å². The van der Waals surface area contributed by atoms with E-state index in [1.165, 1.54) is 29.0 Å². The number of carbonyl (C=O) groups is 1. The quantitative estimate of drug-likeness (QED) is 0.629. The third-order valence-electron chi connectivity index (χ3n) is 5.26. The van der Waals surface area contributed by atoms with Crippen molar-refractivity contribution in [1.82, 2.24) is 24.2 Å². The molecule has 0 bridgehead atoms. The molecule has 1 atom stereocenters. The number of alkyl halides is 3. The van der Waals surface area contributed by atoms with Crippen LogP contribution in [0.5, 0.6) is 5.88 Å². The van der Waals surface area contributed by atoms with Crippen LogP contribution in [0.2, 0.25) is 0 Å². The average Bonchev–Trinajstić information content (AvgIpc) is 3.35. The monoisotopic (exact) mass is 435 g/mol. The number of likely N-dealkylation sites (tertiary alicyclic amines) is 1. The van der Waals surface area contributed by atoms with Crippen molar-refractivity contribution < 1.29 is 22.7 Å². The van der Waals surface area contributed by atoms with Crippen LogP contribution in [0.15, 0.2) is 35.3 Å². The summed E-state index contributed by atoms with van der Waals surface area (Å²) in [5.41, 5.74) is -0.294. The number of aryl methyl sites for hydroxylation is 1. The standard InChI is InChI=1S/C20H20F3N5O3/c1-26-10-13(17(25-26)31-2)19(30)27-9-5-8-15(27)16-24-14-7-4-3-6-12(14)18(29)28(16)11-20(21,22)23/h3-4,6-7,10,15H,5,8-9,11H2,1-2H3. The molecule has 0 aliphatic carbocycles. The van der Waals surface area contributed by atoms with Crippen molar-refractivity contribution >= 4 is 16.8 Å². The Morgan fingerprint density at radius 1 is 1.29 bits per heavy atom. The molecule has 1 unspecified atom stereocenters. The van der Waals surface area contributed by atoms with E-state index in [1.807, 2.05) is 0 Å². The summed E-state index contributed by atoms with van der Waals surface area (Å²) in [5, 5.41) is 4.17. The molecule has 0 saturated carbocycles. The summed E-state index contributed by atoms with van der Waals surface area (Å²) < 4.78 is 47.2. The number of para-hydroxylation sites is 1. The molecule has 1 fully saturated rings. The molecular weight excluding hydrogens is 415 g/mol. The number of hydrogen-bond acceptors (Lipinski definition) is 5. The Balaban J connectivity index is 1.83. The van der Waals surface area contributed by atoms with Crippen LogP contribution in [-0.2, 0) is 13.6 Å². The molecule has 164 valence electrons. The summed E-state index contributed by atoms with van der Waals surface area (Å²) in [6, 6.07) is 5.47. The SMILES string of the molecule is COc1nn(C)cc1C(=O)N1CCCC1c1nc2ccccc2c(=O)n1CC(F)(F)F. The lowest BCUT2D eigenvalue weighted by Gasteiger charge is -2.27. The Morgan fingerprint density at radius 2 is 2.03 bits per heavy atom. The van der Waals surface area contributed by atoms with Crippen molar-refractivity contribution in [2.45, 2.75) is 31.6 Å². The summed E-state index contributed by atoms with van der Waals surface area (Å²) >= 11 is 0. The van der Waals surface area contributed by atoms with E-state index in [4.69, 9.17) is 4.74 Å². The Kier molecular flexibility index (Phi) is 5.19. The fraction of sp³-hybridized carbons (Fsp3) is 0.400. The summed E-state index contributed by atoms with van der Waals surface area (Å²) in [7, 11) is 3.01. The number of benzene rings is 1. The molecule has 4 rings (SSSR count). The molecular formula is C20H20F3N5O3. The first-order valence-corrected chi connectivity index (χ1v) is 9.64. The van der Waals surface area contributed by atoms with Crippen LogP contribution < -0.4 is 10.3 Å². The molecule has 8 nitrogen and oxygen atoms in total. The number of aromatic nitrogens is 4. The van der Waals surface area contributed by atoms with Gasteiger partial charge in [-0.25, -0.2) is 4.98 Å². The van der Waals surface area contributed by atoms with Gasteiger partial charge in [0.25, 0.3) is 11.5 Å². The Bertz CT molecular complexity index is 1200. The molecule has 11 heteroatoms. The number of ether oxygens (including phenoxy) is 1. The number of methoxy groups -OCH3 is 1. The van der Waals surface area contributed by atoms with E-state index < -0.39 is 30.2 Å². The lowest BCUT2D eigenvalue weighted by Crippen LogP contribution is -2.37. The van der Waals surface area contributed by atoms with E-state index in [2.05, 4.69) is 10.1 Å². The molecule has 31 heavy (non-hydrogen) atoms. The van der Waals surface area contributed by atoms with Gasteiger partial charge in [0.15, 0.2) is 0 Å². The normalized spacial score (nSPS) is 16.8. The van der Waals surface area contributed by atoms with Crippen molar-refractivity contribution in [3.8, 4) is 5.88 Å². The average molecular weight is 435 g/mol. The largest absolute Gasteiger partial charge is 0.479 e. The van der Waals surface area contributed by atoms with Gasteiger partial charge in [-0.3, -0.25) is 18.8 Å². The summed E-state index contributed by atoms with van der Waals surface area (Å²) in [6.07, 6.45) is -2.18. The van der Waals surface area contributed by atoms with E-state index in [-0.39, 0.29) is 22.7 Å². The summed E-state index contributed by atoms with van der Waals surface area (Å²) in [4.78, 5) is 32.0. The van der Waals surface area contributed by atoms with Gasteiger partial charge in [-0.1, -0.05) is 12.1 Å². The fourth-order valence-electron chi connectivity index (χ4n) is 3.97. The van der Waals surface area contributed by atoms with Gasteiger partial charge in [-0.15, -0.1) is 5.10 Å². The predicted molar refractivity (Wildman–Crippen MR) is 105 cm³/mol. The second-order valence-corrected chi connectivity index (χ2v) is 7.38. The highest BCUT2D eigenvalue weighted by molar-refractivity contribution is 5.96. The molecule has 2 aromatic heterocycles. The first-order valence-electron chi connectivity index (χ1n) is 9.64. The van der Waals surface area contributed by atoms with Gasteiger partial charge in [-0.05, 0) is 25.0 Å². The second-order valence-electron chi connectivity index (χ2n) is 7.38. The van der Waals surface area contributed by atoms with Gasteiger partial charge in [0.1, 0.15) is 17.9 Å². The lowest BCUT2D eigenvalue weighted by molar-refractivity contribution is -0.141. The van der Waals surface area contributed by atoms with Crippen molar-refractivity contribution in [1.29, 1.82) is 0 Å². The minimum Gasteiger partial charge on any atom is -0.479 e. The molecule has 0 N–H and O–H groups in total. The molecule has 1 saturated heterocycles. The molecule has 1 aliphatic rings. The van der Waals surface area contributed by atoms with Crippen LogP contribution in [-0.4, -0.2) is 50.0 Å². The van der Waals surface area contributed by atoms with Crippen LogP contribution >= 0.6 is 0 Å². The van der Waals surface area contributed by atoms with Crippen molar-refractivity contribution in [3.63, 3.8) is 0 Å². The Hall–Kier alpha value is -3.37. The minimum atomic E-state index is -4.62. The molecule has 3 aromatic rings. The van der Waals surface area contributed by atoms with Crippen LogP contribution in [0.4, 0.5) is 13.2 Å². The van der Waals surface area contributed by atoms with Gasteiger partial charge in [0.05, 0.1) is 24.1 Å². The molecule has 0 radical (unpaired) electrons. The minimum absolute atomic E-state index is 0.0743. The predicted octanol–water partition coefficient (Wildman–Crippen LogP) is 2.68. The van der Waals surface area contributed by atoms with Crippen molar-refractivity contribution in [2.75, 3.05) is 13.7 Å². The van der Waals surface area contributed by atoms with Gasteiger partial charge < -0.3 is 9.64 Å². The fourth-order valence-corrected chi connectivity index (χ4v) is 3.97. The number of carbonyl (C=O) groups excluding carboxylic acids is 1. The Labute approximate surface area is 174 Å². The highest BCUT2D eigenvalue weighted by atomic mass is 19.4. The third kappa shape index (κ3) is 3.87. The number of hydrogen-bond donors (Lipinski definition) is 0. The van der Waals surface area contributed by atoms with Gasteiger partial charge in [0, 0.05) is 19.8 Å². The summed E-state index contributed by atoms with van der Waals surface area (Å²) in [5.74, 6) is -0.388. The molecule has 1 amide bonds. The molecule has 1 aliphatic heterocycles. The van der Waals surface area contributed by atoms with Gasteiger partial charge in [-0.2, -0.15) is 13.2 Å². The highest BCUT2D eigenvalue weighted by Crippen LogP contribution is 2.34. The van der Waals surface area contributed by atoms with E-state index in [1.54, 1.807) is 25.2 Å². The van der Waals surface area contributed by atoms with Gasteiger partial charge in [0.2, 0.25) is 5.88 Å². The lowest BCUT2D eigenvalue weighted by atomic mass is 10.1. The number of nitrogens with zero attached hydrogens (tertiary/aromatic N) is 5. The topological polar surface area (TPSA) is 82.2 Å². The number of halogens is 3. The first-order chi connectivity index (χ1) is 14.7. The van der Waals surface area contributed by atoms with E-state index in [0.717, 1.165) is 0 Å². The summed E-state index contributed by atoms with van der Waals surface area (Å²) in [6.45, 7) is -1.16. The first kappa shape index (κ1) is 20.9. The number of rotatable bonds is 4. The zero-order valence-corrected chi connectivity index (χ0v) is 16.9. The van der Waals surface area contributed by atoms with Crippen LogP contribution in [0.25, 0.3) is 10.9 Å². The smallest absolute Gasteiger partial charge is 0.406 e. The van der Waals surface area contributed by atoms with E-state index >= 15 is 0 Å². The molecule has 1 aromatic carbocycles. The molecule has 3 heterocycles. The maximum Gasteiger partial charge on any atom is 0.406 e. The van der Waals surface area contributed by atoms with Crippen molar-refractivity contribution in [3.05, 3.63) is 52.2 Å². The maximum absolute atomic E-state index is 13.3. The van der Waals surface area contributed by atoms with Crippen molar-refractivity contribution in [2.24, 2.45) is 7.05 Å². The highest BCUT2D eigenvalue weighted by Gasteiger charge is 2.38. The van der Waals surface area contributed by atoms with E-state index in [0.29, 0.717) is 29.5 Å². The third-order valence-corrected chi connectivity index (χ3v) is 5.26. The maximum atomic E-state index is 13.3. The van der Waals surface area contributed by atoms with Crippen LogP contribution in [0.1, 0.15) is 35.1 Å².